The normalized spacial score (nSPS) is 21.6. The van der Waals surface area contributed by atoms with E-state index in [4.69, 9.17) is 5.11 Å². The van der Waals surface area contributed by atoms with Crippen molar-refractivity contribution in [2.24, 2.45) is 11.8 Å². The predicted molar refractivity (Wildman–Crippen MR) is 110 cm³/mol. The third-order valence-electron chi connectivity index (χ3n) is 5.57. The summed E-state index contributed by atoms with van der Waals surface area (Å²) >= 11 is 0. The topological polar surface area (TPSA) is 83.5 Å². The van der Waals surface area contributed by atoms with Crippen LogP contribution in [0, 0.1) is 18.8 Å². The molecule has 0 aromatic heterocycles. The molecule has 3 rings (SSSR count). The molecule has 152 valence electrons. The number of aryl methyl sites for hydroxylation is 2. The molecule has 2 unspecified atom stereocenters. The predicted octanol–water partition coefficient (Wildman–Crippen LogP) is 3.95. The van der Waals surface area contributed by atoms with Gasteiger partial charge in [-0.2, -0.15) is 0 Å². The van der Waals surface area contributed by atoms with Gasteiger partial charge >= 0.3 is 5.97 Å². The van der Waals surface area contributed by atoms with Gasteiger partial charge in [-0.3, -0.25) is 9.52 Å². The van der Waals surface area contributed by atoms with Gasteiger partial charge in [-0.15, -0.1) is 0 Å². The van der Waals surface area contributed by atoms with Crippen LogP contribution in [-0.4, -0.2) is 25.2 Å². The highest BCUT2D eigenvalue weighted by atomic mass is 32.2. The van der Waals surface area contributed by atoms with Gasteiger partial charge < -0.3 is 5.11 Å². The zero-order chi connectivity index (χ0) is 20.1. The molecule has 0 amide bonds. The third kappa shape index (κ3) is 5.71. The number of aliphatic carboxylic acids is 1. The van der Waals surface area contributed by atoms with Crippen LogP contribution < -0.4 is 4.72 Å². The average molecular weight is 404 g/mol. The fourth-order valence-electron chi connectivity index (χ4n) is 4.26. The fourth-order valence-corrected chi connectivity index (χ4v) is 5.46. The van der Waals surface area contributed by atoms with Crippen molar-refractivity contribution < 1.29 is 18.3 Å². The van der Waals surface area contributed by atoms with Crippen LogP contribution in [0.15, 0.2) is 47.7 Å². The quantitative estimate of drug-likeness (QED) is 0.458. The maximum Gasteiger partial charge on any atom is 0.303 e. The molecule has 5 nitrogen and oxygen atoms in total. The minimum absolute atomic E-state index is 0.0909. The number of nitrogens with one attached hydrogen (secondary N) is 1. The van der Waals surface area contributed by atoms with E-state index in [2.05, 4.69) is 10.8 Å². The van der Waals surface area contributed by atoms with E-state index in [1.165, 1.54) is 5.57 Å². The van der Waals surface area contributed by atoms with E-state index in [9.17, 15) is 13.2 Å². The van der Waals surface area contributed by atoms with Gasteiger partial charge in [0.1, 0.15) is 0 Å². The number of carbonyl (C=O) groups is 1. The molecule has 1 saturated carbocycles. The first-order valence-corrected chi connectivity index (χ1v) is 11.6. The molecule has 2 N–H and O–H groups in total. The van der Waals surface area contributed by atoms with Crippen molar-refractivity contribution >= 4 is 16.0 Å². The smallest absolute Gasteiger partial charge is 0.303 e. The molecule has 0 heterocycles. The molecule has 1 aromatic rings. The van der Waals surface area contributed by atoms with Crippen LogP contribution in [0.3, 0.4) is 0 Å². The van der Waals surface area contributed by atoms with Gasteiger partial charge in [-0.1, -0.05) is 42.0 Å². The van der Waals surface area contributed by atoms with Gasteiger partial charge in [0.25, 0.3) is 0 Å². The SMILES string of the molecule is Cc1cccc(CCS(=O)(=O)NC2=C3CC(C2)CC3C=CCCCC(=O)O)c1. The van der Waals surface area contributed by atoms with Crippen molar-refractivity contribution in [2.75, 3.05) is 5.75 Å². The van der Waals surface area contributed by atoms with E-state index in [1.807, 2.05) is 37.3 Å². The Morgan fingerprint density at radius 3 is 2.86 bits per heavy atom. The molecule has 0 spiro atoms. The molecule has 6 heteroatoms. The maximum atomic E-state index is 12.6. The van der Waals surface area contributed by atoms with Crippen LogP contribution in [0.2, 0.25) is 0 Å². The van der Waals surface area contributed by atoms with Gasteiger partial charge in [-0.05, 0) is 62.5 Å². The number of unbranched alkanes of at least 4 members (excludes halogenated alkanes) is 1. The Morgan fingerprint density at radius 1 is 1.32 bits per heavy atom. The molecule has 2 bridgehead atoms. The Kier molecular flexibility index (Phi) is 6.60. The molecule has 2 aliphatic carbocycles. The minimum atomic E-state index is -3.36. The van der Waals surface area contributed by atoms with Crippen LogP contribution in [-0.2, 0) is 21.2 Å². The Bertz CT molecular complexity index is 886. The van der Waals surface area contributed by atoms with Gasteiger partial charge in [0.15, 0.2) is 0 Å². The van der Waals surface area contributed by atoms with Crippen molar-refractivity contribution in [3.05, 3.63) is 58.8 Å². The van der Waals surface area contributed by atoms with Crippen LogP contribution in [0.1, 0.15) is 49.7 Å². The van der Waals surface area contributed by atoms with Gasteiger partial charge in [0, 0.05) is 18.0 Å². The van der Waals surface area contributed by atoms with Crippen LogP contribution >= 0.6 is 0 Å². The summed E-state index contributed by atoms with van der Waals surface area (Å²) in [6.45, 7) is 2.01. The summed E-state index contributed by atoms with van der Waals surface area (Å²) in [4.78, 5) is 10.6. The van der Waals surface area contributed by atoms with E-state index >= 15 is 0 Å². The summed E-state index contributed by atoms with van der Waals surface area (Å²) in [5.41, 5.74) is 4.29. The Labute approximate surface area is 167 Å². The second-order valence-electron chi connectivity index (χ2n) is 7.99. The highest BCUT2D eigenvalue weighted by molar-refractivity contribution is 7.89. The van der Waals surface area contributed by atoms with E-state index in [1.54, 1.807) is 0 Å². The van der Waals surface area contributed by atoms with E-state index in [0.29, 0.717) is 18.8 Å². The molecule has 0 aliphatic heterocycles. The Hall–Kier alpha value is -2.08. The summed E-state index contributed by atoms with van der Waals surface area (Å²) in [6, 6.07) is 7.96. The number of hydrogen-bond donors (Lipinski definition) is 2. The Balaban J connectivity index is 1.56. The van der Waals surface area contributed by atoms with Gasteiger partial charge in [0.2, 0.25) is 10.0 Å². The number of fused-ring (bicyclic) bond motifs is 2. The second kappa shape index (κ2) is 8.95. The zero-order valence-electron chi connectivity index (χ0n) is 16.4. The first-order chi connectivity index (χ1) is 13.3. The summed E-state index contributed by atoms with van der Waals surface area (Å²) in [7, 11) is -3.36. The van der Waals surface area contributed by atoms with Crippen molar-refractivity contribution in [3.63, 3.8) is 0 Å². The number of sulfonamides is 1. The van der Waals surface area contributed by atoms with Crippen LogP contribution in [0.4, 0.5) is 0 Å². The van der Waals surface area contributed by atoms with E-state index < -0.39 is 16.0 Å². The largest absolute Gasteiger partial charge is 0.481 e. The standard InChI is InChI=1S/C22H29NO4S/c1-16-6-5-7-17(12-16)10-11-28(26,27)23-21-15-18-13-19(20(21)14-18)8-3-2-4-9-22(24)25/h3,5-8,12,18-19,23H,2,4,9-11,13-15H2,1H3,(H,24,25). The lowest BCUT2D eigenvalue weighted by Gasteiger charge is -2.19. The lowest BCUT2D eigenvalue weighted by molar-refractivity contribution is -0.137. The van der Waals surface area contributed by atoms with Crippen molar-refractivity contribution in [1.82, 2.24) is 4.72 Å². The molecule has 2 aliphatic rings. The second-order valence-corrected chi connectivity index (χ2v) is 9.84. The third-order valence-corrected chi connectivity index (χ3v) is 6.87. The lowest BCUT2D eigenvalue weighted by Crippen LogP contribution is -2.28. The highest BCUT2D eigenvalue weighted by Crippen LogP contribution is 2.47. The maximum absolute atomic E-state index is 12.6. The zero-order valence-corrected chi connectivity index (χ0v) is 17.2. The number of carboxylic acids is 1. The van der Waals surface area contributed by atoms with Crippen LogP contribution in [0.5, 0.6) is 0 Å². The molecule has 1 aromatic carbocycles. The first-order valence-electron chi connectivity index (χ1n) is 9.99. The van der Waals surface area contributed by atoms with Crippen molar-refractivity contribution in [3.8, 4) is 0 Å². The molecule has 2 atom stereocenters. The number of allylic oxidation sites excluding steroid dienone is 4. The molecule has 0 saturated heterocycles. The van der Waals surface area contributed by atoms with Crippen molar-refractivity contribution in [1.29, 1.82) is 0 Å². The summed E-state index contributed by atoms with van der Waals surface area (Å²) < 4.78 is 28.0. The van der Waals surface area contributed by atoms with E-state index in [-0.39, 0.29) is 18.1 Å². The first kappa shape index (κ1) is 20.6. The number of carboxylic acid groups (broad SMARTS) is 1. The molecule has 28 heavy (non-hydrogen) atoms. The highest BCUT2D eigenvalue weighted by Gasteiger charge is 2.37. The van der Waals surface area contributed by atoms with Crippen LogP contribution in [0.25, 0.3) is 0 Å². The van der Waals surface area contributed by atoms with E-state index in [0.717, 1.165) is 42.5 Å². The fraction of sp³-hybridized carbons (Fsp3) is 0.500. The minimum Gasteiger partial charge on any atom is -0.481 e. The molecule has 0 radical (unpaired) electrons. The number of rotatable bonds is 10. The molecular weight excluding hydrogens is 374 g/mol. The van der Waals surface area contributed by atoms with Gasteiger partial charge in [0.05, 0.1) is 5.75 Å². The van der Waals surface area contributed by atoms with Crippen molar-refractivity contribution in [2.45, 2.75) is 51.9 Å². The lowest BCUT2D eigenvalue weighted by atomic mass is 9.93. The summed E-state index contributed by atoms with van der Waals surface area (Å²) in [5.74, 6) is 0.141. The number of hydrogen-bond acceptors (Lipinski definition) is 3. The molecule has 1 fully saturated rings. The average Bonchev–Trinajstić information content (AvgIpc) is 3.19. The monoisotopic (exact) mass is 403 g/mol. The molecular formula is C22H29NO4S. The summed E-state index contributed by atoms with van der Waals surface area (Å²) in [5, 5.41) is 8.69. The summed E-state index contributed by atoms with van der Waals surface area (Å²) in [6.07, 6.45) is 9.13. The van der Waals surface area contributed by atoms with Gasteiger partial charge in [-0.25, -0.2) is 8.42 Å². The Morgan fingerprint density at radius 2 is 2.14 bits per heavy atom. The number of benzene rings is 1.